The van der Waals surface area contributed by atoms with Gasteiger partial charge < -0.3 is 14.3 Å². The molecule has 0 radical (unpaired) electrons. The number of nitrogens with one attached hydrogen (secondary N) is 2. The van der Waals surface area contributed by atoms with Crippen molar-refractivity contribution in [2.24, 2.45) is 0 Å². The van der Waals surface area contributed by atoms with Crippen LogP contribution in [-0.2, 0) is 11.3 Å². The monoisotopic (exact) mass is 271 g/mol. The summed E-state index contributed by atoms with van der Waals surface area (Å²) in [5, 5.41) is 0.988. The molecule has 0 aliphatic rings. The lowest BCUT2D eigenvalue weighted by atomic mass is 10.0. The number of aromatic nitrogens is 1. The van der Waals surface area contributed by atoms with E-state index in [0.717, 1.165) is 22.0 Å². The van der Waals surface area contributed by atoms with Crippen LogP contribution < -0.4 is 4.72 Å². The van der Waals surface area contributed by atoms with Crippen molar-refractivity contribution >= 4 is 27.9 Å². The molecule has 0 aliphatic heterocycles. The van der Waals surface area contributed by atoms with Crippen LogP contribution in [0.2, 0.25) is 0 Å². The Balaban J connectivity index is 2.13. The Morgan fingerprint density at radius 2 is 1.89 bits per heavy atom. The van der Waals surface area contributed by atoms with E-state index >= 15 is 0 Å². The fraction of sp³-hybridized carbons (Fsp3) is 0. The van der Waals surface area contributed by atoms with Gasteiger partial charge >= 0.3 is 0 Å². The Bertz CT molecular complexity index is 738. The average molecular weight is 271 g/mol. The van der Waals surface area contributed by atoms with Crippen LogP contribution in [0.3, 0.4) is 0 Å². The van der Waals surface area contributed by atoms with Crippen molar-refractivity contribution in [1.29, 1.82) is 0 Å². The Kier molecular flexibility index (Phi) is 3.06. The van der Waals surface area contributed by atoms with Gasteiger partial charge in [-0.15, -0.1) is 0 Å². The lowest BCUT2D eigenvalue weighted by Crippen LogP contribution is -2.01. The predicted molar refractivity (Wildman–Crippen MR) is 76.3 cm³/mol. The number of H-pyrrole nitrogens is 1. The molecule has 0 amide bonds. The summed E-state index contributed by atoms with van der Waals surface area (Å²) in [5.41, 5.74) is 3.67. The van der Waals surface area contributed by atoms with Crippen LogP contribution in [0.4, 0.5) is 5.69 Å². The first-order valence-corrected chi connectivity index (χ1v) is 6.84. The first kappa shape index (κ1) is 12.0. The maximum Gasteiger partial charge on any atom is 0.0461 e. The van der Waals surface area contributed by atoms with Crippen molar-refractivity contribution in [2.45, 2.75) is 0 Å². The van der Waals surface area contributed by atoms with E-state index in [1.165, 1.54) is 0 Å². The quantitative estimate of drug-likeness (QED) is 0.719. The molecule has 1 unspecified atom stereocenters. The summed E-state index contributed by atoms with van der Waals surface area (Å²) in [6.45, 7) is 0. The van der Waals surface area contributed by atoms with Gasteiger partial charge in [-0.05, 0) is 23.8 Å². The second-order valence-corrected chi connectivity index (χ2v) is 4.84. The average Bonchev–Trinajstić information content (AvgIpc) is 2.82. The van der Waals surface area contributed by atoms with Gasteiger partial charge in [0.25, 0.3) is 0 Å². The van der Waals surface area contributed by atoms with E-state index in [9.17, 15) is 8.76 Å². The maximum atomic E-state index is 10.7. The molecule has 1 aromatic heterocycles. The van der Waals surface area contributed by atoms with E-state index in [1.807, 2.05) is 48.7 Å². The smallest absolute Gasteiger partial charge is 0.0461 e. The van der Waals surface area contributed by atoms with E-state index in [2.05, 4.69) is 9.71 Å². The highest BCUT2D eigenvalue weighted by atomic mass is 32.2. The van der Waals surface area contributed by atoms with Crippen molar-refractivity contribution in [1.82, 2.24) is 4.98 Å². The van der Waals surface area contributed by atoms with E-state index in [4.69, 9.17) is 0 Å². The zero-order valence-corrected chi connectivity index (χ0v) is 10.7. The highest BCUT2D eigenvalue weighted by Crippen LogP contribution is 2.30. The third-order valence-electron chi connectivity index (χ3n) is 2.97. The highest BCUT2D eigenvalue weighted by Gasteiger charge is 2.06. The highest BCUT2D eigenvalue weighted by molar-refractivity contribution is 7.80. The van der Waals surface area contributed by atoms with Crippen molar-refractivity contribution < 1.29 is 8.76 Å². The molecule has 19 heavy (non-hydrogen) atoms. The number of benzene rings is 2. The summed E-state index contributed by atoms with van der Waals surface area (Å²) in [5.74, 6) is 0. The molecule has 3 aromatic rings. The second-order valence-electron chi connectivity index (χ2n) is 4.17. The van der Waals surface area contributed by atoms with Crippen LogP contribution in [0.1, 0.15) is 0 Å². The van der Waals surface area contributed by atoms with Crippen LogP contribution in [0.15, 0.2) is 54.7 Å². The number of hydrogen-bond donors (Lipinski definition) is 2. The van der Waals surface area contributed by atoms with Gasteiger partial charge in [-0.3, -0.25) is 4.21 Å². The third kappa shape index (κ3) is 2.38. The minimum Gasteiger partial charge on any atom is -0.755 e. The summed E-state index contributed by atoms with van der Waals surface area (Å²) in [6, 6.07) is 15.4. The normalized spacial score (nSPS) is 12.5. The number of fused-ring (bicyclic) bond motifs is 1. The molecular formula is C14H11N2O2S-. The summed E-state index contributed by atoms with van der Waals surface area (Å²) < 4.78 is 23.7. The fourth-order valence-electron chi connectivity index (χ4n) is 2.14. The SMILES string of the molecule is O=S([O-])Nc1ccc2[nH]cc(-c3ccccc3)c2c1. The van der Waals surface area contributed by atoms with Crippen LogP contribution in [0.25, 0.3) is 22.0 Å². The maximum absolute atomic E-state index is 10.7. The van der Waals surface area contributed by atoms with Gasteiger partial charge in [-0.2, -0.15) is 0 Å². The lowest BCUT2D eigenvalue weighted by molar-refractivity contribution is 0.542. The van der Waals surface area contributed by atoms with E-state index in [1.54, 1.807) is 6.07 Å². The first-order valence-electron chi connectivity index (χ1n) is 5.76. The number of aromatic amines is 1. The number of anilines is 1. The molecule has 0 bridgehead atoms. The Labute approximate surface area is 112 Å². The molecule has 2 aromatic carbocycles. The topological polar surface area (TPSA) is 67.9 Å². The summed E-state index contributed by atoms with van der Waals surface area (Å²) in [6.07, 6.45) is 1.93. The van der Waals surface area contributed by atoms with Crippen LogP contribution >= 0.6 is 0 Å². The Hall–Kier alpha value is -2.11. The number of rotatable bonds is 3. The molecular weight excluding hydrogens is 260 g/mol. The second kappa shape index (κ2) is 4.87. The van der Waals surface area contributed by atoms with Gasteiger partial charge in [0.05, 0.1) is 0 Å². The Morgan fingerprint density at radius 3 is 2.63 bits per heavy atom. The molecule has 0 saturated heterocycles. The molecule has 0 saturated carbocycles. The van der Waals surface area contributed by atoms with Crippen molar-refractivity contribution in [3.8, 4) is 11.1 Å². The van der Waals surface area contributed by atoms with Crippen molar-refractivity contribution in [3.63, 3.8) is 0 Å². The molecule has 0 spiro atoms. The molecule has 4 nitrogen and oxygen atoms in total. The largest absolute Gasteiger partial charge is 0.755 e. The molecule has 0 aliphatic carbocycles. The van der Waals surface area contributed by atoms with Gasteiger partial charge in [0.1, 0.15) is 0 Å². The van der Waals surface area contributed by atoms with Gasteiger partial charge in [-0.1, -0.05) is 30.3 Å². The van der Waals surface area contributed by atoms with Crippen molar-refractivity contribution in [2.75, 3.05) is 4.72 Å². The summed E-state index contributed by atoms with van der Waals surface area (Å²) in [7, 11) is 0. The molecule has 1 atom stereocenters. The lowest BCUT2D eigenvalue weighted by Gasteiger charge is -2.08. The zero-order valence-electron chi connectivity index (χ0n) is 9.92. The standard InChI is InChI=1S/C14H12N2O2S/c17-19(18)16-11-6-7-14-12(8-11)13(9-15-14)10-4-2-1-3-5-10/h1-9,15-16H,(H,17,18)/p-1. The summed E-state index contributed by atoms with van der Waals surface area (Å²) >= 11 is -2.31. The fourth-order valence-corrected chi connectivity index (χ4v) is 2.46. The molecule has 2 N–H and O–H groups in total. The minimum absolute atomic E-state index is 0.553. The summed E-state index contributed by atoms with van der Waals surface area (Å²) in [4.78, 5) is 3.19. The van der Waals surface area contributed by atoms with Crippen LogP contribution in [-0.4, -0.2) is 13.7 Å². The van der Waals surface area contributed by atoms with E-state index < -0.39 is 11.3 Å². The van der Waals surface area contributed by atoms with Crippen LogP contribution in [0, 0.1) is 0 Å². The minimum atomic E-state index is -2.31. The van der Waals surface area contributed by atoms with E-state index in [-0.39, 0.29) is 0 Å². The molecule has 0 fully saturated rings. The van der Waals surface area contributed by atoms with E-state index in [0.29, 0.717) is 5.69 Å². The van der Waals surface area contributed by atoms with Gasteiger partial charge in [0.15, 0.2) is 0 Å². The molecule has 1 heterocycles. The van der Waals surface area contributed by atoms with Gasteiger partial charge in [0, 0.05) is 39.6 Å². The Morgan fingerprint density at radius 1 is 1.11 bits per heavy atom. The van der Waals surface area contributed by atoms with Gasteiger partial charge in [0.2, 0.25) is 0 Å². The van der Waals surface area contributed by atoms with Crippen molar-refractivity contribution in [3.05, 3.63) is 54.7 Å². The predicted octanol–water partition coefficient (Wildman–Crippen LogP) is 3.04. The third-order valence-corrected chi connectivity index (χ3v) is 3.37. The zero-order chi connectivity index (χ0) is 13.2. The first-order chi connectivity index (χ1) is 9.24. The molecule has 3 rings (SSSR count). The molecule has 5 heteroatoms. The number of hydrogen-bond acceptors (Lipinski definition) is 2. The van der Waals surface area contributed by atoms with Crippen LogP contribution in [0.5, 0.6) is 0 Å². The van der Waals surface area contributed by atoms with Gasteiger partial charge in [-0.25, -0.2) is 0 Å². The molecule has 96 valence electrons.